The minimum absolute atomic E-state index is 0.0527. The Balaban J connectivity index is 1.74. The lowest BCUT2D eigenvalue weighted by atomic mass is 9.64. The first-order valence-electron chi connectivity index (χ1n) is 9.82. The number of ether oxygens (including phenoxy) is 1. The lowest BCUT2D eigenvalue weighted by molar-refractivity contribution is -0.147. The average molecular weight is 364 g/mol. The molecule has 3 heteroatoms. The Hall–Kier alpha value is -2.42. The highest BCUT2D eigenvalue weighted by atomic mass is 16.5. The summed E-state index contributed by atoms with van der Waals surface area (Å²) in [4.78, 5) is 16.7. The maximum Gasteiger partial charge on any atom is 0.349 e. The van der Waals surface area contributed by atoms with Gasteiger partial charge in [0.25, 0.3) is 0 Å². The molecule has 3 atom stereocenters. The zero-order valence-corrected chi connectivity index (χ0v) is 16.5. The summed E-state index contributed by atoms with van der Waals surface area (Å²) in [6.07, 6.45) is 4.37. The molecule has 1 aliphatic carbocycles. The van der Waals surface area contributed by atoms with Crippen LogP contribution in [0.15, 0.2) is 65.7 Å². The van der Waals surface area contributed by atoms with E-state index < -0.39 is 0 Å². The monoisotopic (exact) mass is 363 g/mol. The molecule has 2 aromatic rings. The molecule has 0 saturated heterocycles. The Kier molecular flexibility index (Phi) is 6.10. The smallest absolute Gasteiger partial charge is 0.349 e. The van der Waals surface area contributed by atoms with Crippen LogP contribution in [-0.4, -0.2) is 18.3 Å². The van der Waals surface area contributed by atoms with Crippen LogP contribution in [0.1, 0.15) is 45.6 Å². The Morgan fingerprint density at radius 1 is 1.04 bits per heavy atom. The number of rotatable bonds is 5. The van der Waals surface area contributed by atoms with E-state index in [-0.39, 0.29) is 17.5 Å². The lowest BCUT2D eigenvalue weighted by Gasteiger charge is -2.43. The number of aliphatic imine (C=N–C) groups is 1. The second-order valence-electron chi connectivity index (χ2n) is 8.18. The van der Waals surface area contributed by atoms with E-state index in [0.717, 1.165) is 18.5 Å². The molecule has 0 amide bonds. The average Bonchev–Trinajstić information content (AvgIpc) is 2.68. The van der Waals surface area contributed by atoms with Crippen LogP contribution < -0.4 is 0 Å². The van der Waals surface area contributed by atoms with Gasteiger partial charge in [0.15, 0.2) is 0 Å². The number of benzene rings is 2. The molecule has 3 rings (SSSR count). The zero-order chi connectivity index (χ0) is 19.3. The third kappa shape index (κ3) is 4.85. The number of esters is 1. The summed E-state index contributed by atoms with van der Waals surface area (Å²) in [5.74, 6) is 0.508. The number of para-hydroxylation sites is 1. The van der Waals surface area contributed by atoms with Crippen molar-refractivity contribution in [3.63, 3.8) is 0 Å². The van der Waals surface area contributed by atoms with Crippen molar-refractivity contribution in [1.29, 1.82) is 0 Å². The van der Waals surface area contributed by atoms with Crippen LogP contribution in [0.2, 0.25) is 0 Å². The lowest BCUT2D eigenvalue weighted by Crippen LogP contribution is -2.43. The van der Waals surface area contributed by atoms with Crippen LogP contribution in [0.3, 0.4) is 0 Å². The topological polar surface area (TPSA) is 38.7 Å². The number of carbonyl (C=O) groups is 1. The minimum atomic E-state index is -0.355. The number of hydrogen-bond acceptors (Lipinski definition) is 3. The fourth-order valence-corrected chi connectivity index (χ4v) is 4.19. The van der Waals surface area contributed by atoms with Gasteiger partial charge in [-0.25, -0.2) is 9.79 Å². The van der Waals surface area contributed by atoms with Gasteiger partial charge in [0.2, 0.25) is 0 Å². The summed E-state index contributed by atoms with van der Waals surface area (Å²) < 4.78 is 5.92. The standard InChI is InChI=1S/C24H29NO2/c1-18-14-15-21(24(2,3)19-10-6-4-7-11-19)22(16-18)27-23(26)17-25-20-12-8-5-9-13-20/h4-13,17-18,21-22H,14-16H2,1-3H3/t18-,21-,22-/m1/s1. The van der Waals surface area contributed by atoms with Crippen molar-refractivity contribution in [1.82, 2.24) is 0 Å². The van der Waals surface area contributed by atoms with Crippen molar-refractivity contribution in [2.75, 3.05) is 0 Å². The summed E-state index contributed by atoms with van der Waals surface area (Å²) >= 11 is 0. The quantitative estimate of drug-likeness (QED) is 0.504. The van der Waals surface area contributed by atoms with Crippen molar-refractivity contribution in [3.8, 4) is 0 Å². The first-order valence-corrected chi connectivity index (χ1v) is 9.82. The molecule has 2 aromatic carbocycles. The summed E-state index contributed by atoms with van der Waals surface area (Å²) in [6.45, 7) is 6.77. The second-order valence-corrected chi connectivity index (χ2v) is 8.18. The second kappa shape index (κ2) is 8.51. The first-order chi connectivity index (χ1) is 13.0. The van der Waals surface area contributed by atoms with Gasteiger partial charge < -0.3 is 4.74 Å². The van der Waals surface area contributed by atoms with Crippen LogP contribution in [0.25, 0.3) is 0 Å². The summed E-state index contributed by atoms with van der Waals surface area (Å²) in [6, 6.07) is 20.0. The predicted octanol–water partition coefficient (Wildman–Crippen LogP) is 5.71. The van der Waals surface area contributed by atoms with Gasteiger partial charge in [-0.05, 0) is 41.9 Å². The van der Waals surface area contributed by atoms with E-state index in [9.17, 15) is 4.79 Å². The van der Waals surface area contributed by atoms with E-state index in [2.05, 4.69) is 50.0 Å². The van der Waals surface area contributed by atoms with Gasteiger partial charge in [-0.3, -0.25) is 0 Å². The van der Waals surface area contributed by atoms with Crippen LogP contribution in [0, 0.1) is 11.8 Å². The van der Waals surface area contributed by atoms with Gasteiger partial charge in [-0.15, -0.1) is 0 Å². The van der Waals surface area contributed by atoms with E-state index >= 15 is 0 Å². The summed E-state index contributed by atoms with van der Waals surface area (Å²) in [7, 11) is 0. The molecule has 0 bridgehead atoms. The number of carbonyl (C=O) groups excluding carboxylic acids is 1. The predicted molar refractivity (Wildman–Crippen MR) is 110 cm³/mol. The van der Waals surface area contributed by atoms with E-state index in [0.29, 0.717) is 11.8 Å². The molecular weight excluding hydrogens is 334 g/mol. The van der Waals surface area contributed by atoms with Crippen LogP contribution >= 0.6 is 0 Å². The fourth-order valence-electron chi connectivity index (χ4n) is 4.19. The van der Waals surface area contributed by atoms with Crippen molar-refractivity contribution in [2.45, 2.75) is 51.6 Å². The Morgan fingerprint density at radius 2 is 1.67 bits per heavy atom. The van der Waals surface area contributed by atoms with E-state index in [1.165, 1.54) is 18.2 Å². The molecule has 1 aliphatic rings. The molecule has 1 fully saturated rings. The largest absolute Gasteiger partial charge is 0.458 e. The van der Waals surface area contributed by atoms with Gasteiger partial charge in [0, 0.05) is 5.92 Å². The molecule has 27 heavy (non-hydrogen) atoms. The highest BCUT2D eigenvalue weighted by molar-refractivity contribution is 6.23. The molecular formula is C24H29NO2. The van der Waals surface area contributed by atoms with E-state index in [1.807, 2.05) is 36.4 Å². The van der Waals surface area contributed by atoms with Gasteiger partial charge in [0.05, 0.1) is 5.69 Å². The molecule has 0 aliphatic heterocycles. The molecule has 0 heterocycles. The number of hydrogen-bond donors (Lipinski definition) is 0. The molecule has 0 N–H and O–H groups in total. The molecule has 142 valence electrons. The molecule has 1 saturated carbocycles. The Bertz CT molecular complexity index is 767. The fraction of sp³-hybridized carbons (Fsp3) is 0.417. The zero-order valence-electron chi connectivity index (χ0n) is 16.5. The van der Waals surface area contributed by atoms with E-state index in [4.69, 9.17) is 4.74 Å². The molecule has 0 spiro atoms. The van der Waals surface area contributed by atoms with E-state index in [1.54, 1.807) is 0 Å². The molecule has 0 unspecified atom stereocenters. The van der Waals surface area contributed by atoms with Crippen molar-refractivity contribution < 1.29 is 9.53 Å². The summed E-state index contributed by atoms with van der Waals surface area (Å²) in [5, 5.41) is 0. The highest BCUT2D eigenvalue weighted by Gasteiger charge is 2.41. The van der Waals surface area contributed by atoms with Crippen LogP contribution in [0.4, 0.5) is 5.69 Å². The summed E-state index contributed by atoms with van der Waals surface area (Å²) in [5.41, 5.74) is 2.00. The van der Waals surface area contributed by atoms with Gasteiger partial charge >= 0.3 is 5.97 Å². The maximum absolute atomic E-state index is 12.4. The number of nitrogens with zero attached hydrogens (tertiary/aromatic N) is 1. The molecule has 0 radical (unpaired) electrons. The maximum atomic E-state index is 12.4. The third-order valence-electron chi connectivity index (χ3n) is 5.84. The molecule has 0 aromatic heterocycles. The first kappa shape index (κ1) is 19.3. The van der Waals surface area contributed by atoms with Gasteiger partial charge in [-0.1, -0.05) is 75.7 Å². The van der Waals surface area contributed by atoms with Crippen molar-refractivity contribution in [2.24, 2.45) is 16.8 Å². The highest BCUT2D eigenvalue weighted by Crippen LogP contribution is 2.43. The van der Waals surface area contributed by atoms with Crippen LogP contribution in [0.5, 0.6) is 0 Å². The minimum Gasteiger partial charge on any atom is -0.458 e. The van der Waals surface area contributed by atoms with Crippen molar-refractivity contribution in [3.05, 3.63) is 66.2 Å². The Labute approximate surface area is 162 Å². The van der Waals surface area contributed by atoms with Crippen molar-refractivity contribution >= 4 is 17.9 Å². The normalized spacial score (nSPS) is 23.3. The SMILES string of the molecule is C[C@@H]1CC[C@@H](C(C)(C)c2ccccc2)[C@H](OC(=O)C=Nc2ccccc2)C1. The third-order valence-corrected chi connectivity index (χ3v) is 5.84. The van der Waals surface area contributed by atoms with Crippen LogP contribution in [-0.2, 0) is 14.9 Å². The molecule has 3 nitrogen and oxygen atoms in total. The van der Waals surface area contributed by atoms with Gasteiger partial charge in [0.1, 0.15) is 12.3 Å². The Morgan fingerprint density at radius 3 is 2.33 bits per heavy atom. The van der Waals surface area contributed by atoms with Gasteiger partial charge in [-0.2, -0.15) is 0 Å².